The topological polar surface area (TPSA) is 0 Å². The Morgan fingerprint density at radius 3 is 1.00 bits per heavy atom. The van der Waals surface area contributed by atoms with Gasteiger partial charge in [0.2, 0.25) is 0 Å². The van der Waals surface area contributed by atoms with Crippen molar-refractivity contribution < 1.29 is 0 Å². The van der Waals surface area contributed by atoms with Crippen molar-refractivity contribution in [2.45, 2.75) is 56.8 Å². The molecule has 2 aliphatic carbocycles. The number of fused-ring (bicyclic) bond motifs is 4. The molecule has 0 amide bonds. The number of hydrogen-bond donors (Lipinski definition) is 0. The monoisotopic (exact) mass is 580 g/mol. The molecule has 0 aliphatic heterocycles. The van der Waals surface area contributed by atoms with Crippen molar-refractivity contribution in [2.75, 3.05) is 0 Å². The molecule has 2 aliphatic rings. The predicted molar refractivity (Wildman–Crippen MR) is 191 cm³/mol. The van der Waals surface area contributed by atoms with E-state index in [4.69, 9.17) is 0 Å². The van der Waals surface area contributed by atoms with E-state index < -0.39 is 0 Å². The van der Waals surface area contributed by atoms with Crippen molar-refractivity contribution in [3.63, 3.8) is 0 Å². The van der Waals surface area contributed by atoms with E-state index in [2.05, 4.69) is 173 Å². The summed E-state index contributed by atoms with van der Waals surface area (Å²) in [6.45, 7) is 9.91. The van der Waals surface area contributed by atoms with E-state index in [1.54, 1.807) is 0 Å². The van der Waals surface area contributed by atoms with Crippen LogP contribution in [0.15, 0.2) is 146 Å². The van der Waals surface area contributed by atoms with Crippen LogP contribution in [0.1, 0.15) is 62.8 Å². The van der Waals surface area contributed by atoms with E-state index in [1.165, 1.54) is 66.8 Å². The molecule has 0 aromatic heterocycles. The summed E-state index contributed by atoms with van der Waals surface area (Å²) in [6, 6.07) is 54.1. The first kappa shape index (κ1) is 27.8. The summed E-state index contributed by atoms with van der Waals surface area (Å²) in [6.07, 6.45) is 2.17. The summed E-state index contributed by atoms with van der Waals surface area (Å²) in [5, 5.41) is 0. The highest BCUT2D eigenvalue weighted by Gasteiger charge is 2.58. The second-order valence-corrected chi connectivity index (χ2v) is 14.5. The molecule has 0 heterocycles. The Labute approximate surface area is 268 Å². The van der Waals surface area contributed by atoms with Crippen molar-refractivity contribution in [3.05, 3.63) is 168 Å². The van der Waals surface area contributed by atoms with E-state index in [1.807, 2.05) is 0 Å². The Hall–Kier alpha value is -4.68. The zero-order valence-corrected chi connectivity index (χ0v) is 26.8. The zero-order chi connectivity index (χ0) is 30.8. The van der Waals surface area contributed by atoms with Crippen LogP contribution in [0.3, 0.4) is 0 Å². The molecule has 220 valence electrons. The third kappa shape index (κ3) is 4.26. The Kier molecular flexibility index (Phi) is 6.30. The smallest absolute Gasteiger partial charge is 0.0238 e. The van der Waals surface area contributed by atoms with E-state index in [0.717, 1.165) is 12.8 Å². The Balaban J connectivity index is 1.55. The Morgan fingerprint density at radius 1 is 0.356 bits per heavy atom. The van der Waals surface area contributed by atoms with Gasteiger partial charge in [-0.3, -0.25) is 0 Å². The highest BCUT2D eigenvalue weighted by Crippen LogP contribution is 2.67. The van der Waals surface area contributed by atoms with Gasteiger partial charge in [0.05, 0.1) is 0 Å². The minimum Gasteiger partial charge on any atom is -0.0622 e. The fraction of sp³-hybridized carbons (Fsp3) is 0.200. The lowest BCUT2D eigenvalue weighted by molar-refractivity contribution is 0.350. The summed E-state index contributed by atoms with van der Waals surface area (Å²) >= 11 is 0. The third-order valence-electron chi connectivity index (χ3n) is 10.6. The van der Waals surface area contributed by atoms with Crippen molar-refractivity contribution in [2.24, 2.45) is 0 Å². The molecule has 0 bridgehead atoms. The van der Waals surface area contributed by atoms with Crippen molar-refractivity contribution in [1.29, 1.82) is 0 Å². The van der Waals surface area contributed by atoms with Gasteiger partial charge in [-0.15, -0.1) is 0 Å². The first-order valence-electron chi connectivity index (χ1n) is 16.4. The van der Waals surface area contributed by atoms with Crippen LogP contribution < -0.4 is 0 Å². The SMILES string of the molecule is CC1(C)CC2(CC(C)(C)c3ccc(-c4ccccc4)c(-c4ccccc4)c32)c2c1ccc(-c1ccccc1)c2-c1ccccc1. The molecule has 8 rings (SSSR count). The third-order valence-corrected chi connectivity index (χ3v) is 10.6. The first-order valence-corrected chi connectivity index (χ1v) is 16.4. The van der Waals surface area contributed by atoms with Gasteiger partial charge in [0, 0.05) is 5.41 Å². The van der Waals surface area contributed by atoms with Gasteiger partial charge in [0.15, 0.2) is 0 Å². The average Bonchev–Trinajstić information content (AvgIpc) is 3.45. The van der Waals surface area contributed by atoms with Gasteiger partial charge in [-0.25, -0.2) is 0 Å². The van der Waals surface area contributed by atoms with Crippen LogP contribution in [0.2, 0.25) is 0 Å². The minimum absolute atomic E-state index is 0.0164. The molecule has 0 radical (unpaired) electrons. The van der Waals surface area contributed by atoms with Gasteiger partial charge in [0.1, 0.15) is 0 Å². The predicted octanol–water partition coefficient (Wildman–Crippen LogP) is 12.0. The van der Waals surface area contributed by atoms with Crippen LogP contribution in [0.5, 0.6) is 0 Å². The standard InChI is InChI=1S/C45H40/c1-43(2)29-45(41-37(43)27-25-35(31-17-9-5-10-18-31)39(41)33-21-13-7-14-22-33)30-44(3,4)38-28-26-36(32-19-11-6-12-20-32)40(42(38)45)34-23-15-8-16-24-34/h5-28H,29-30H2,1-4H3. The van der Waals surface area contributed by atoms with Crippen LogP contribution in [0, 0.1) is 0 Å². The lowest BCUT2D eigenvalue weighted by Gasteiger charge is -2.34. The van der Waals surface area contributed by atoms with Gasteiger partial charge in [-0.1, -0.05) is 173 Å². The summed E-state index contributed by atoms with van der Waals surface area (Å²) in [4.78, 5) is 0. The molecular formula is C45H40. The molecule has 0 saturated heterocycles. The molecule has 1 spiro atoms. The van der Waals surface area contributed by atoms with Gasteiger partial charge in [-0.05, 0) is 90.4 Å². The zero-order valence-electron chi connectivity index (χ0n) is 26.8. The fourth-order valence-corrected chi connectivity index (χ4v) is 9.09. The molecule has 0 N–H and O–H groups in total. The van der Waals surface area contributed by atoms with Crippen LogP contribution in [-0.2, 0) is 16.2 Å². The van der Waals surface area contributed by atoms with E-state index in [-0.39, 0.29) is 16.2 Å². The molecule has 0 fully saturated rings. The summed E-state index contributed by atoms with van der Waals surface area (Å²) < 4.78 is 0. The van der Waals surface area contributed by atoms with E-state index in [0.29, 0.717) is 0 Å². The molecule has 6 aromatic rings. The van der Waals surface area contributed by atoms with Gasteiger partial charge < -0.3 is 0 Å². The lowest BCUT2D eigenvalue weighted by atomic mass is 9.68. The van der Waals surface area contributed by atoms with Crippen LogP contribution in [0.25, 0.3) is 44.5 Å². The second-order valence-electron chi connectivity index (χ2n) is 14.5. The van der Waals surface area contributed by atoms with Gasteiger partial charge in [0.25, 0.3) is 0 Å². The molecule has 45 heavy (non-hydrogen) atoms. The van der Waals surface area contributed by atoms with E-state index >= 15 is 0 Å². The maximum atomic E-state index is 2.48. The van der Waals surface area contributed by atoms with Crippen LogP contribution >= 0.6 is 0 Å². The molecule has 6 aromatic carbocycles. The minimum atomic E-state index is -0.149. The van der Waals surface area contributed by atoms with Gasteiger partial charge >= 0.3 is 0 Å². The summed E-state index contributed by atoms with van der Waals surface area (Å²) in [5.41, 5.74) is 16.5. The van der Waals surface area contributed by atoms with Crippen molar-refractivity contribution in [3.8, 4) is 44.5 Å². The van der Waals surface area contributed by atoms with Crippen molar-refractivity contribution >= 4 is 0 Å². The molecule has 0 nitrogen and oxygen atoms in total. The molecule has 0 unspecified atom stereocenters. The largest absolute Gasteiger partial charge is 0.0622 e. The highest BCUT2D eigenvalue weighted by atomic mass is 14.6. The van der Waals surface area contributed by atoms with Gasteiger partial charge in [-0.2, -0.15) is 0 Å². The fourth-order valence-electron chi connectivity index (χ4n) is 9.09. The quantitative estimate of drug-likeness (QED) is 0.195. The first-order chi connectivity index (χ1) is 21.8. The van der Waals surface area contributed by atoms with Crippen molar-refractivity contribution in [1.82, 2.24) is 0 Å². The average molecular weight is 581 g/mol. The van der Waals surface area contributed by atoms with Crippen LogP contribution in [0.4, 0.5) is 0 Å². The Morgan fingerprint density at radius 2 is 0.667 bits per heavy atom. The normalized spacial score (nSPS) is 16.8. The maximum absolute atomic E-state index is 2.48. The molecule has 0 atom stereocenters. The molecule has 0 saturated carbocycles. The maximum Gasteiger partial charge on any atom is 0.0238 e. The number of hydrogen-bond acceptors (Lipinski definition) is 0. The summed E-state index contributed by atoms with van der Waals surface area (Å²) in [7, 11) is 0. The Bertz CT molecular complexity index is 1860. The molecule has 0 heteroatoms. The lowest BCUT2D eigenvalue weighted by Crippen LogP contribution is -2.28. The number of rotatable bonds is 4. The van der Waals surface area contributed by atoms with E-state index in [9.17, 15) is 0 Å². The highest BCUT2D eigenvalue weighted by molar-refractivity contribution is 5.93. The molecular weight excluding hydrogens is 540 g/mol. The number of benzene rings is 6. The second kappa shape index (κ2) is 10.2. The summed E-state index contributed by atoms with van der Waals surface area (Å²) in [5.74, 6) is 0. The van der Waals surface area contributed by atoms with Crippen LogP contribution in [-0.4, -0.2) is 0 Å².